The molecular weight excluding hydrogens is 242 g/mol. The number of nitrogens with two attached hydrogens (primary N) is 2. The lowest BCUT2D eigenvalue weighted by molar-refractivity contribution is -0.128. The van der Waals surface area contributed by atoms with Crippen molar-refractivity contribution in [3.8, 4) is 0 Å². The van der Waals surface area contributed by atoms with Gasteiger partial charge in [0.1, 0.15) is 6.04 Å². The average Bonchev–Trinajstić information content (AvgIpc) is 2.16. The van der Waals surface area contributed by atoms with Crippen LogP contribution < -0.4 is 16.8 Å². The molecule has 0 saturated heterocycles. The predicted octanol–water partition coefficient (Wildman–Crippen LogP) is 0.552. The molecule has 0 saturated carbocycles. The Morgan fingerprint density at radius 3 is 2.18 bits per heavy atom. The molecule has 0 radical (unpaired) electrons. The van der Waals surface area contributed by atoms with E-state index in [1.165, 1.54) is 0 Å². The van der Waals surface area contributed by atoms with E-state index in [2.05, 4.69) is 5.32 Å². The Kier molecular flexibility index (Phi) is 10.1. The molecule has 0 fully saturated rings. The van der Waals surface area contributed by atoms with E-state index in [0.29, 0.717) is 18.8 Å². The van der Waals surface area contributed by atoms with Crippen molar-refractivity contribution in [2.24, 2.45) is 17.4 Å². The molecule has 0 aliphatic carbocycles. The van der Waals surface area contributed by atoms with Crippen molar-refractivity contribution in [3.63, 3.8) is 0 Å². The van der Waals surface area contributed by atoms with Crippen LogP contribution in [0.3, 0.4) is 0 Å². The lowest BCUT2D eigenvalue weighted by Crippen LogP contribution is -2.50. The third-order valence-electron chi connectivity index (χ3n) is 2.30. The smallest absolute Gasteiger partial charge is 0.240 e. The topological polar surface area (TPSA) is 98.2 Å². The maximum absolute atomic E-state index is 11.6. The zero-order valence-corrected chi connectivity index (χ0v) is 11.5. The minimum Gasteiger partial charge on any atom is -0.368 e. The van der Waals surface area contributed by atoms with E-state index >= 15 is 0 Å². The zero-order chi connectivity index (χ0) is 12.7. The first kappa shape index (κ1) is 18.6. The van der Waals surface area contributed by atoms with Gasteiger partial charge in [-0.15, -0.1) is 12.4 Å². The van der Waals surface area contributed by atoms with Crippen LogP contribution >= 0.6 is 12.4 Å². The number of nitrogens with one attached hydrogen (secondary N) is 1. The monoisotopic (exact) mass is 265 g/mol. The summed E-state index contributed by atoms with van der Waals surface area (Å²) in [5, 5.41) is 2.59. The summed E-state index contributed by atoms with van der Waals surface area (Å²) in [4.78, 5) is 22.7. The Labute approximate surface area is 109 Å². The van der Waals surface area contributed by atoms with Crippen LogP contribution in [0.1, 0.15) is 40.0 Å². The van der Waals surface area contributed by atoms with Crippen LogP contribution in [0.15, 0.2) is 0 Å². The number of rotatable bonds is 7. The molecule has 0 aromatic heterocycles. The lowest BCUT2D eigenvalue weighted by Gasteiger charge is -2.19. The molecule has 0 aliphatic rings. The van der Waals surface area contributed by atoms with Gasteiger partial charge in [0.15, 0.2) is 0 Å². The van der Waals surface area contributed by atoms with Crippen LogP contribution in [0.5, 0.6) is 0 Å². The standard InChI is InChI=1S/C11H23N3O2.ClH/c1-4-5-8(12)11(16)14-9(10(13)15)6-7(2)3;/h7-9H,4-6,12H2,1-3H3,(H2,13,15)(H,14,16);1H/t8-,9-;/m0./s1. The van der Waals surface area contributed by atoms with E-state index in [-0.39, 0.29) is 18.3 Å². The summed E-state index contributed by atoms with van der Waals surface area (Å²) in [6.45, 7) is 5.88. The second-order valence-electron chi connectivity index (χ2n) is 4.49. The van der Waals surface area contributed by atoms with Gasteiger partial charge in [-0.2, -0.15) is 0 Å². The molecule has 0 unspecified atom stereocenters. The molecule has 0 bridgehead atoms. The van der Waals surface area contributed by atoms with Crippen LogP contribution in [0, 0.1) is 5.92 Å². The molecule has 17 heavy (non-hydrogen) atoms. The Morgan fingerprint density at radius 2 is 1.82 bits per heavy atom. The zero-order valence-electron chi connectivity index (χ0n) is 10.7. The summed E-state index contributed by atoms with van der Waals surface area (Å²) in [6.07, 6.45) is 1.99. The molecule has 0 heterocycles. The second kappa shape index (κ2) is 9.24. The summed E-state index contributed by atoms with van der Waals surface area (Å²) in [7, 11) is 0. The predicted molar refractivity (Wildman–Crippen MR) is 70.7 cm³/mol. The van der Waals surface area contributed by atoms with E-state index in [9.17, 15) is 9.59 Å². The van der Waals surface area contributed by atoms with Crippen molar-refractivity contribution in [1.29, 1.82) is 0 Å². The van der Waals surface area contributed by atoms with Crippen molar-refractivity contribution in [2.75, 3.05) is 0 Å². The minimum absolute atomic E-state index is 0. The molecule has 0 aromatic rings. The summed E-state index contributed by atoms with van der Waals surface area (Å²) < 4.78 is 0. The molecule has 6 heteroatoms. The normalized spacial score (nSPS) is 13.7. The summed E-state index contributed by atoms with van der Waals surface area (Å²) in [5.41, 5.74) is 10.9. The third kappa shape index (κ3) is 7.99. The molecule has 0 aromatic carbocycles. The number of carbonyl (C=O) groups is 2. The second-order valence-corrected chi connectivity index (χ2v) is 4.49. The number of carbonyl (C=O) groups excluding carboxylic acids is 2. The van der Waals surface area contributed by atoms with Crippen molar-refractivity contribution in [3.05, 3.63) is 0 Å². The Morgan fingerprint density at radius 1 is 1.29 bits per heavy atom. The average molecular weight is 266 g/mol. The molecule has 0 spiro atoms. The fourth-order valence-electron chi connectivity index (χ4n) is 1.44. The summed E-state index contributed by atoms with van der Waals surface area (Å²) in [5.74, 6) is -0.516. The van der Waals surface area contributed by atoms with E-state index in [1.807, 2.05) is 20.8 Å². The highest BCUT2D eigenvalue weighted by molar-refractivity contribution is 5.88. The van der Waals surface area contributed by atoms with E-state index < -0.39 is 18.0 Å². The van der Waals surface area contributed by atoms with Crippen LogP contribution in [0.4, 0.5) is 0 Å². The van der Waals surface area contributed by atoms with Crippen molar-refractivity contribution >= 4 is 24.2 Å². The number of primary amides is 1. The van der Waals surface area contributed by atoms with Gasteiger partial charge in [0.05, 0.1) is 6.04 Å². The van der Waals surface area contributed by atoms with E-state index in [4.69, 9.17) is 11.5 Å². The summed E-state index contributed by atoms with van der Waals surface area (Å²) >= 11 is 0. The highest BCUT2D eigenvalue weighted by Crippen LogP contribution is 2.05. The van der Waals surface area contributed by atoms with Gasteiger partial charge in [-0.25, -0.2) is 0 Å². The van der Waals surface area contributed by atoms with Gasteiger partial charge in [-0.05, 0) is 18.8 Å². The largest absolute Gasteiger partial charge is 0.368 e. The highest BCUT2D eigenvalue weighted by atomic mass is 35.5. The van der Waals surface area contributed by atoms with Gasteiger partial charge in [-0.3, -0.25) is 9.59 Å². The van der Waals surface area contributed by atoms with E-state index in [0.717, 1.165) is 6.42 Å². The quantitative estimate of drug-likeness (QED) is 0.627. The maximum Gasteiger partial charge on any atom is 0.240 e. The molecule has 5 nitrogen and oxygen atoms in total. The first-order valence-corrected chi connectivity index (χ1v) is 5.73. The molecule has 5 N–H and O–H groups in total. The lowest BCUT2D eigenvalue weighted by atomic mass is 10.0. The molecular formula is C11H24ClN3O2. The van der Waals surface area contributed by atoms with Crippen LogP contribution in [0.2, 0.25) is 0 Å². The number of hydrogen-bond donors (Lipinski definition) is 3. The van der Waals surface area contributed by atoms with Crippen LogP contribution in [-0.4, -0.2) is 23.9 Å². The molecule has 2 amide bonds. The Bertz CT molecular complexity index is 247. The van der Waals surface area contributed by atoms with Gasteiger partial charge < -0.3 is 16.8 Å². The number of hydrogen-bond acceptors (Lipinski definition) is 3. The van der Waals surface area contributed by atoms with Crippen LogP contribution in [-0.2, 0) is 9.59 Å². The molecule has 102 valence electrons. The van der Waals surface area contributed by atoms with Crippen LogP contribution in [0.25, 0.3) is 0 Å². The van der Waals surface area contributed by atoms with Crippen molar-refractivity contribution in [1.82, 2.24) is 5.32 Å². The first-order chi connectivity index (χ1) is 7.38. The van der Waals surface area contributed by atoms with E-state index in [1.54, 1.807) is 0 Å². The highest BCUT2D eigenvalue weighted by Gasteiger charge is 2.22. The number of halogens is 1. The van der Waals surface area contributed by atoms with Gasteiger partial charge in [0.25, 0.3) is 0 Å². The van der Waals surface area contributed by atoms with Gasteiger partial charge in [0, 0.05) is 0 Å². The fraction of sp³-hybridized carbons (Fsp3) is 0.818. The van der Waals surface area contributed by atoms with Crippen molar-refractivity contribution < 1.29 is 9.59 Å². The summed E-state index contributed by atoms with van der Waals surface area (Å²) in [6, 6.07) is -1.17. The van der Waals surface area contributed by atoms with Gasteiger partial charge >= 0.3 is 0 Å². The number of amides is 2. The fourth-order valence-corrected chi connectivity index (χ4v) is 1.44. The van der Waals surface area contributed by atoms with Gasteiger partial charge in [-0.1, -0.05) is 27.2 Å². The minimum atomic E-state index is -0.615. The Hall–Kier alpha value is -0.810. The third-order valence-corrected chi connectivity index (χ3v) is 2.30. The maximum atomic E-state index is 11.6. The molecule has 0 aliphatic heterocycles. The van der Waals surface area contributed by atoms with Gasteiger partial charge in [0.2, 0.25) is 11.8 Å². The first-order valence-electron chi connectivity index (χ1n) is 5.73. The van der Waals surface area contributed by atoms with Crippen molar-refractivity contribution in [2.45, 2.75) is 52.1 Å². The SMILES string of the molecule is CCC[C@H](N)C(=O)N[C@@H](CC(C)C)C(N)=O.Cl. The molecule has 0 rings (SSSR count). The Balaban J connectivity index is 0. The molecule has 2 atom stereocenters.